The van der Waals surface area contributed by atoms with Crippen molar-refractivity contribution in [3.8, 4) is 5.75 Å². The number of halogens is 1. The summed E-state index contributed by atoms with van der Waals surface area (Å²) in [5, 5.41) is 8.61. The molecule has 168 valence electrons. The van der Waals surface area contributed by atoms with E-state index in [9.17, 15) is 9.18 Å². The molecule has 4 aromatic rings. The van der Waals surface area contributed by atoms with Crippen molar-refractivity contribution < 1.29 is 13.9 Å². The molecule has 5 rings (SSSR count). The molecule has 0 spiro atoms. The first kappa shape index (κ1) is 20.8. The number of carbonyl (C=O) groups excluding carboxylic acids is 1. The molecule has 2 aromatic heterocycles. The first-order chi connectivity index (χ1) is 16.2. The second-order valence-electron chi connectivity index (χ2n) is 7.71. The third kappa shape index (κ3) is 4.59. The van der Waals surface area contributed by atoms with E-state index in [2.05, 4.69) is 25.2 Å². The first-order valence-corrected chi connectivity index (χ1v) is 10.7. The summed E-state index contributed by atoms with van der Waals surface area (Å²) < 4.78 is 20.2. The van der Waals surface area contributed by atoms with E-state index in [0.717, 1.165) is 5.56 Å². The first-order valence-electron chi connectivity index (χ1n) is 10.7. The van der Waals surface area contributed by atoms with Gasteiger partial charge in [-0.2, -0.15) is 0 Å². The lowest BCUT2D eigenvalue weighted by Crippen LogP contribution is -2.50. The zero-order chi connectivity index (χ0) is 22.6. The van der Waals surface area contributed by atoms with Crippen molar-refractivity contribution in [3.05, 3.63) is 72.3 Å². The lowest BCUT2D eigenvalue weighted by molar-refractivity contribution is -0.133. The maximum Gasteiger partial charge on any atom is 0.260 e. The predicted molar refractivity (Wildman–Crippen MR) is 119 cm³/mol. The van der Waals surface area contributed by atoms with Crippen LogP contribution in [0.15, 0.2) is 60.9 Å². The number of aromatic nitrogens is 5. The van der Waals surface area contributed by atoms with Gasteiger partial charge >= 0.3 is 0 Å². The van der Waals surface area contributed by atoms with Gasteiger partial charge in [-0.3, -0.25) is 4.79 Å². The topological polar surface area (TPSA) is 89.3 Å². The quantitative estimate of drug-likeness (QED) is 0.447. The number of nitrogens with zero attached hydrogens (tertiary/aromatic N) is 7. The number of rotatable bonds is 6. The summed E-state index contributed by atoms with van der Waals surface area (Å²) in [6.45, 7) is 2.78. The van der Waals surface area contributed by atoms with Gasteiger partial charge in [0.25, 0.3) is 5.91 Å². The Kier molecular flexibility index (Phi) is 5.79. The Bertz CT molecular complexity index is 1240. The highest BCUT2D eigenvalue weighted by molar-refractivity contribution is 5.83. The Hall–Kier alpha value is -4.08. The average Bonchev–Trinajstić information content (AvgIpc) is 3.27. The molecule has 1 saturated heterocycles. The van der Waals surface area contributed by atoms with Crippen LogP contribution in [0.25, 0.3) is 11.2 Å². The van der Waals surface area contributed by atoms with E-state index in [1.807, 2.05) is 30.3 Å². The van der Waals surface area contributed by atoms with E-state index >= 15 is 0 Å². The predicted octanol–water partition coefficient (Wildman–Crippen LogP) is 2.14. The van der Waals surface area contributed by atoms with Crippen LogP contribution in [0, 0.1) is 5.82 Å². The van der Waals surface area contributed by atoms with Crippen molar-refractivity contribution in [1.82, 2.24) is 29.9 Å². The standard InChI is InChI=1S/C23H22FN7O2/c24-18-6-8-19(9-7-18)33-15-20(32)29-10-12-30(13-11-29)22-21-23(26-16-25-22)31(28-27-21)14-17-4-2-1-3-5-17/h1-9,16H,10-15H2. The van der Waals surface area contributed by atoms with E-state index in [-0.39, 0.29) is 18.3 Å². The zero-order valence-electron chi connectivity index (χ0n) is 17.8. The molecule has 0 unspecified atom stereocenters. The van der Waals surface area contributed by atoms with Crippen molar-refractivity contribution in [2.24, 2.45) is 0 Å². The van der Waals surface area contributed by atoms with Crippen molar-refractivity contribution in [3.63, 3.8) is 0 Å². The number of piperazine rings is 1. The van der Waals surface area contributed by atoms with Crippen LogP contribution in [-0.4, -0.2) is 68.6 Å². The molecule has 0 radical (unpaired) electrons. The molecular formula is C23H22FN7O2. The number of amides is 1. The van der Waals surface area contributed by atoms with Crippen LogP contribution in [0.3, 0.4) is 0 Å². The molecule has 2 aromatic carbocycles. The van der Waals surface area contributed by atoms with Gasteiger partial charge in [-0.05, 0) is 29.8 Å². The lowest BCUT2D eigenvalue weighted by atomic mass is 10.2. The maximum absolute atomic E-state index is 13.0. The number of hydrogen-bond donors (Lipinski definition) is 0. The van der Waals surface area contributed by atoms with Gasteiger partial charge < -0.3 is 14.5 Å². The highest BCUT2D eigenvalue weighted by Crippen LogP contribution is 2.22. The summed E-state index contributed by atoms with van der Waals surface area (Å²) in [4.78, 5) is 25.2. The van der Waals surface area contributed by atoms with Gasteiger partial charge in [0.1, 0.15) is 17.9 Å². The molecule has 1 amide bonds. The Morgan fingerprint density at radius 3 is 2.48 bits per heavy atom. The van der Waals surface area contributed by atoms with Gasteiger partial charge in [-0.25, -0.2) is 19.0 Å². The number of benzene rings is 2. The number of anilines is 1. The highest BCUT2D eigenvalue weighted by atomic mass is 19.1. The molecule has 3 heterocycles. The number of hydrogen-bond acceptors (Lipinski definition) is 7. The monoisotopic (exact) mass is 447 g/mol. The SMILES string of the molecule is O=C(COc1ccc(F)cc1)N1CCN(c2ncnc3c2nnn3Cc2ccccc2)CC1. The van der Waals surface area contributed by atoms with Crippen LogP contribution in [0.4, 0.5) is 10.2 Å². The van der Waals surface area contributed by atoms with E-state index in [0.29, 0.717) is 55.5 Å². The summed E-state index contributed by atoms with van der Waals surface area (Å²) in [5.74, 6) is 0.726. The summed E-state index contributed by atoms with van der Waals surface area (Å²) >= 11 is 0. The minimum absolute atomic E-state index is 0.0861. The lowest BCUT2D eigenvalue weighted by Gasteiger charge is -2.35. The van der Waals surface area contributed by atoms with Gasteiger partial charge in [0, 0.05) is 26.2 Å². The molecule has 1 aliphatic heterocycles. The van der Waals surface area contributed by atoms with Crippen LogP contribution < -0.4 is 9.64 Å². The Labute approximate surface area is 189 Å². The Morgan fingerprint density at radius 1 is 0.970 bits per heavy atom. The van der Waals surface area contributed by atoms with Crippen molar-refractivity contribution in [1.29, 1.82) is 0 Å². The van der Waals surface area contributed by atoms with E-state index in [4.69, 9.17) is 4.74 Å². The molecule has 0 aliphatic carbocycles. The fourth-order valence-corrected chi connectivity index (χ4v) is 3.81. The molecule has 33 heavy (non-hydrogen) atoms. The van der Waals surface area contributed by atoms with Crippen LogP contribution in [-0.2, 0) is 11.3 Å². The Morgan fingerprint density at radius 2 is 1.73 bits per heavy atom. The summed E-state index contributed by atoms with van der Waals surface area (Å²) in [5.41, 5.74) is 2.43. The number of ether oxygens (including phenoxy) is 1. The minimum Gasteiger partial charge on any atom is -0.484 e. The van der Waals surface area contributed by atoms with Crippen LogP contribution in [0.1, 0.15) is 5.56 Å². The normalized spacial score (nSPS) is 14.0. The van der Waals surface area contributed by atoms with Crippen molar-refractivity contribution in [2.45, 2.75) is 6.54 Å². The summed E-state index contributed by atoms with van der Waals surface area (Å²) in [7, 11) is 0. The maximum atomic E-state index is 13.0. The molecule has 9 nitrogen and oxygen atoms in total. The van der Waals surface area contributed by atoms with Gasteiger partial charge in [0.15, 0.2) is 23.6 Å². The average molecular weight is 447 g/mol. The molecular weight excluding hydrogens is 425 g/mol. The fourth-order valence-electron chi connectivity index (χ4n) is 3.81. The molecule has 0 atom stereocenters. The molecule has 0 bridgehead atoms. The van der Waals surface area contributed by atoms with E-state index in [1.165, 1.54) is 30.6 Å². The molecule has 0 N–H and O–H groups in total. The Balaban J connectivity index is 1.22. The van der Waals surface area contributed by atoms with Gasteiger partial charge in [0.2, 0.25) is 0 Å². The summed E-state index contributed by atoms with van der Waals surface area (Å²) in [6.07, 6.45) is 1.52. The number of carbonyl (C=O) groups is 1. The molecule has 1 fully saturated rings. The van der Waals surface area contributed by atoms with Crippen molar-refractivity contribution >= 4 is 22.9 Å². The zero-order valence-corrected chi connectivity index (χ0v) is 17.8. The van der Waals surface area contributed by atoms with Crippen LogP contribution in [0.5, 0.6) is 5.75 Å². The molecule has 10 heteroatoms. The molecule has 0 saturated carbocycles. The minimum atomic E-state index is -0.344. The highest BCUT2D eigenvalue weighted by Gasteiger charge is 2.25. The van der Waals surface area contributed by atoms with Crippen LogP contribution in [0.2, 0.25) is 0 Å². The van der Waals surface area contributed by atoms with Gasteiger partial charge in [-0.15, -0.1) is 5.10 Å². The number of fused-ring (bicyclic) bond motifs is 1. The van der Waals surface area contributed by atoms with E-state index in [1.54, 1.807) is 9.58 Å². The smallest absolute Gasteiger partial charge is 0.260 e. The summed E-state index contributed by atoms with van der Waals surface area (Å²) in [6, 6.07) is 15.6. The third-order valence-electron chi connectivity index (χ3n) is 5.56. The van der Waals surface area contributed by atoms with Gasteiger partial charge in [-0.1, -0.05) is 35.5 Å². The van der Waals surface area contributed by atoms with Crippen LogP contribution >= 0.6 is 0 Å². The van der Waals surface area contributed by atoms with Crippen molar-refractivity contribution in [2.75, 3.05) is 37.7 Å². The largest absolute Gasteiger partial charge is 0.484 e. The second-order valence-corrected chi connectivity index (χ2v) is 7.71. The van der Waals surface area contributed by atoms with Gasteiger partial charge in [0.05, 0.1) is 6.54 Å². The fraction of sp³-hybridized carbons (Fsp3) is 0.261. The van der Waals surface area contributed by atoms with E-state index < -0.39 is 0 Å². The third-order valence-corrected chi connectivity index (χ3v) is 5.56. The molecule has 1 aliphatic rings. The second kappa shape index (κ2) is 9.19.